The van der Waals surface area contributed by atoms with Crippen molar-refractivity contribution >= 4 is 22.9 Å². The fourth-order valence-electron chi connectivity index (χ4n) is 1.65. The van der Waals surface area contributed by atoms with Gasteiger partial charge >= 0.3 is 0 Å². The van der Waals surface area contributed by atoms with Gasteiger partial charge in [-0.3, -0.25) is 0 Å². The number of halogens is 2. The molecule has 2 aromatic rings. The van der Waals surface area contributed by atoms with Crippen LogP contribution in [0.1, 0.15) is 11.1 Å². The number of hydrogen-bond donors (Lipinski definition) is 1. The lowest BCUT2D eigenvalue weighted by Crippen LogP contribution is -1.97. The van der Waals surface area contributed by atoms with E-state index in [-0.39, 0.29) is 5.82 Å². The minimum absolute atomic E-state index is 0.230. The third-order valence-electron chi connectivity index (χ3n) is 2.54. The average Bonchev–Trinajstić information content (AvgIpc) is 2.55. The molecule has 16 heavy (non-hydrogen) atoms. The zero-order chi connectivity index (χ0) is 11.7. The normalized spacial score (nSPS) is 10.8. The van der Waals surface area contributed by atoms with Crippen LogP contribution in [0.3, 0.4) is 0 Å². The molecule has 1 aromatic carbocycles. The van der Waals surface area contributed by atoms with E-state index in [4.69, 9.17) is 17.3 Å². The van der Waals surface area contributed by atoms with Crippen LogP contribution in [-0.2, 0) is 6.54 Å². The van der Waals surface area contributed by atoms with E-state index in [1.165, 1.54) is 17.4 Å². The molecule has 0 bridgehead atoms. The molecule has 0 spiro atoms. The van der Waals surface area contributed by atoms with Gasteiger partial charge in [0, 0.05) is 17.0 Å². The minimum atomic E-state index is -0.230. The van der Waals surface area contributed by atoms with Gasteiger partial charge in [-0.1, -0.05) is 29.8 Å². The molecule has 0 aliphatic rings. The van der Waals surface area contributed by atoms with Crippen molar-refractivity contribution in [2.75, 3.05) is 0 Å². The number of hydrogen-bond acceptors (Lipinski definition) is 2. The molecule has 1 heterocycles. The molecule has 2 rings (SSSR count). The van der Waals surface area contributed by atoms with Crippen molar-refractivity contribution in [2.45, 2.75) is 13.5 Å². The van der Waals surface area contributed by atoms with Gasteiger partial charge in [0.2, 0.25) is 0 Å². The Balaban J connectivity index is 2.62. The van der Waals surface area contributed by atoms with Gasteiger partial charge in [-0.05, 0) is 24.1 Å². The standard InChI is InChI=1S/C12H11ClFNS/c1-7-9(6-15)12(13)16-11(7)8-4-2-3-5-10(8)14/h2-5H,6,15H2,1H3. The van der Waals surface area contributed by atoms with Crippen molar-refractivity contribution < 1.29 is 4.39 Å². The highest BCUT2D eigenvalue weighted by atomic mass is 35.5. The quantitative estimate of drug-likeness (QED) is 0.863. The molecule has 0 saturated carbocycles. The lowest BCUT2D eigenvalue weighted by molar-refractivity contribution is 0.631. The summed E-state index contributed by atoms with van der Waals surface area (Å²) in [6.45, 7) is 2.31. The fourth-order valence-corrected chi connectivity index (χ4v) is 3.19. The molecule has 0 amide bonds. The van der Waals surface area contributed by atoms with Crippen LogP contribution in [0, 0.1) is 12.7 Å². The van der Waals surface area contributed by atoms with Crippen molar-refractivity contribution in [3.8, 4) is 10.4 Å². The summed E-state index contributed by atoms with van der Waals surface area (Å²) in [4.78, 5) is 0.864. The van der Waals surface area contributed by atoms with E-state index in [0.29, 0.717) is 16.4 Å². The Labute approximate surface area is 103 Å². The summed E-state index contributed by atoms with van der Waals surface area (Å²) in [5, 5.41) is 0. The molecule has 0 saturated heterocycles. The summed E-state index contributed by atoms with van der Waals surface area (Å²) in [6.07, 6.45) is 0. The lowest BCUT2D eigenvalue weighted by Gasteiger charge is -2.02. The predicted octanol–water partition coefficient (Wildman–Crippen LogP) is 3.97. The molecule has 1 aromatic heterocycles. The smallest absolute Gasteiger partial charge is 0.131 e. The summed E-state index contributed by atoms with van der Waals surface area (Å²) >= 11 is 7.45. The van der Waals surface area contributed by atoms with Gasteiger partial charge in [-0.25, -0.2) is 4.39 Å². The second kappa shape index (κ2) is 4.53. The first kappa shape index (κ1) is 11.6. The van der Waals surface area contributed by atoms with Crippen molar-refractivity contribution in [2.24, 2.45) is 5.73 Å². The second-order valence-electron chi connectivity index (χ2n) is 3.49. The first-order chi connectivity index (χ1) is 7.65. The number of rotatable bonds is 2. The molecule has 1 nitrogen and oxygen atoms in total. The lowest BCUT2D eigenvalue weighted by atomic mass is 10.1. The Kier molecular flexibility index (Phi) is 3.28. The maximum absolute atomic E-state index is 13.6. The van der Waals surface area contributed by atoms with Gasteiger partial charge < -0.3 is 5.73 Å². The summed E-state index contributed by atoms with van der Waals surface area (Å²) < 4.78 is 14.3. The molecular formula is C12H11ClFNS. The van der Waals surface area contributed by atoms with Crippen LogP contribution >= 0.6 is 22.9 Å². The molecule has 0 radical (unpaired) electrons. The van der Waals surface area contributed by atoms with Crippen LogP contribution in [0.2, 0.25) is 4.34 Å². The third kappa shape index (κ3) is 1.86. The first-order valence-corrected chi connectivity index (χ1v) is 6.07. The van der Waals surface area contributed by atoms with Crippen LogP contribution in [0.5, 0.6) is 0 Å². The van der Waals surface area contributed by atoms with Gasteiger partial charge in [0.1, 0.15) is 5.82 Å². The molecule has 0 aliphatic carbocycles. The summed E-state index contributed by atoms with van der Waals surface area (Å²) in [7, 11) is 0. The number of benzene rings is 1. The highest BCUT2D eigenvalue weighted by molar-refractivity contribution is 7.19. The Morgan fingerprint density at radius 1 is 1.38 bits per heavy atom. The van der Waals surface area contributed by atoms with Crippen molar-refractivity contribution in [1.29, 1.82) is 0 Å². The van der Waals surface area contributed by atoms with Gasteiger partial charge in [0.05, 0.1) is 4.34 Å². The molecule has 0 fully saturated rings. The first-order valence-electron chi connectivity index (χ1n) is 4.88. The topological polar surface area (TPSA) is 26.0 Å². The van der Waals surface area contributed by atoms with Crippen LogP contribution in [0.25, 0.3) is 10.4 Å². The van der Waals surface area contributed by atoms with E-state index in [2.05, 4.69) is 0 Å². The zero-order valence-corrected chi connectivity index (χ0v) is 10.3. The predicted molar refractivity (Wildman–Crippen MR) is 67.4 cm³/mol. The minimum Gasteiger partial charge on any atom is -0.326 e. The molecular weight excluding hydrogens is 245 g/mol. The van der Waals surface area contributed by atoms with Crippen molar-refractivity contribution in [1.82, 2.24) is 0 Å². The highest BCUT2D eigenvalue weighted by Gasteiger charge is 2.15. The largest absolute Gasteiger partial charge is 0.326 e. The maximum atomic E-state index is 13.6. The summed E-state index contributed by atoms with van der Waals surface area (Å²) in [6, 6.07) is 6.69. The molecule has 0 aliphatic heterocycles. The van der Waals surface area contributed by atoms with E-state index in [1.807, 2.05) is 13.0 Å². The Morgan fingerprint density at radius 3 is 2.62 bits per heavy atom. The van der Waals surface area contributed by atoms with Crippen LogP contribution < -0.4 is 5.73 Å². The van der Waals surface area contributed by atoms with Crippen LogP contribution in [0.15, 0.2) is 24.3 Å². The summed E-state index contributed by atoms with van der Waals surface area (Å²) in [5.74, 6) is -0.230. The van der Waals surface area contributed by atoms with Crippen LogP contribution in [0.4, 0.5) is 4.39 Å². The molecule has 4 heteroatoms. The molecule has 0 atom stereocenters. The van der Waals surface area contributed by atoms with Gasteiger partial charge in [-0.15, -0.1) is 11.3 Å². The third-order valence-corrected chi connectivity index (χ3v) is 4.16. The van der Waals surface area contributed by atoms with Crippen LogP contribution in [-0.4, -0.2) is 0 Å². The highest BCUT2D eigenvalue weighted by Crippen LogP contribution is 2.39. The molecule has 0 unspecified atom stereocenters. The molecule has 2 N–H and O–H groups in total. The Hall–Kier alpha value is -0.900. The van der Waals surface area contributed by atoms with E-state index < -0.39 is 0 Å². The Morgan fingerprint density at radius 2 is 2.06 bits per heavy atom. The van der Waals surface area contributed by atoms with Gasteiger partial charge in [0.25, 0.3) is 0 Å². The maximum Gasteiger partial charge on any atom is 0.131 e. The van der Waals surface area contributed by atoms with E-state index in [9.17, 15) is 4.39 Å². The van der Waals surface area contributed by atoms with E-state index in [0.717, 1.165) is 16.0 Å². The van der Waals surface area contributed by atoms with E-state index >= 15 is 0 Å². The van der Waals surface area contributed by atoms with Crippen molar-refractivity contribution in [3.63, 3.8) is 0 Å². The Bertz CT molecular complexity index is 522. The number of nitrogens with two attached hydrogens (primary N) is 1. The van der Waals surface area contributed by atoms with Gasteiger partial charge in [0.15, 0.2) is 0 Å². The average molecular weight is 256 g/mol. The summed E-state index contributed by atoms with van der Waals surface area (Å²) in [5.41, 5.74) is 8.08. The second-order valence-corrected chi connectivity index (χ2v) is 5.12. The monoisotopic (exact) mass is 255 g/mol. The SMILES string of the molecule is Cc1c(-c2ccccc2F)sc(Cl)c1CN. The number of thiophene rings is 1. The van der Waals surface area contributed by atoms with E-state index in [1.54, 1.807) is 12.1 Å². The zero-order valence-electron chi connectivity index (χ0n) is 8.76. The fraction of sp³-hybridized carbons (Fsp3) is 0.167. The van der Waals surface area contributed by atoms with Gasteiger partial charge in [-0.2, -0.15) is 0 Å². The van der Waals surface area contributed by atoms with Crippen molar-refractivity contribution in [3.05, 3.63) is 45.5 Å². The molecule has 84 valence electrons.